The Morgan fingerprint density at radius 3 is 2.58 bits per heavy atom. The van der Waals surface area contributed by atoms with Crippen LogP contribution in [-0.2, 0) is 10.0 Å². The first kappa shape index (κ1) is 15.6. The van der Waals surface area contributed by atoms with Crippen molar-refractivity contribution in [2.45, 2.75) is 18.7 Å². The Labute approximate surface area is 113 Å². The maximum Gasteiger partial charge on any atom is 0.249 e. The summed E-state index contributed by atoms with van der Waals surface area (Å²) in [5.41, 5.74) is 6.07. The summed E-state index contributed by atoms with van der Waals surface area (Å²) in [6, 6.07) is 4.32. The van der Waals surface area contributed by atoms with E-state index in [2.05, 4.69) is 10.0 Å². The summed E-state index contributed by atoms with van der Waals surface area (Å²) in [6.45, 7) is 5.25. The average Bonchev–Trinajstić information content (AvgIpc) is 2.34. The van der Waals surface area contributed by atoms with Crippen molar-refractivity contribution in [2.75, 3.05) is 19.6 Å². The number of likely N-dealkylation sites (N-methyl/N-ethyl adjacent to an activating group) is 1. The second-order valence-corrected chi connectivity index (χ2v) is 5.86. The third-order valence-corrected chi connectivity index (χ3v) is 4.09. The SMILES string of the molecule is CCNCCNS(=O)(=O)c1ccc(C)c(C(N)=O)c1. The van der Waals surface area contributed by atoms with Crippen LogP contribution in [0.3, 0.4) is 0 Å². The zero-order chi connectivity index (χ0) is 14.5. The molecule has 1 aromatic carbocycles. The van der Waals surface area contributed by atoms with Gasteiger partial charge in [-0.1, -0.05) is 13.0 Å². The molecule has 1 amide bonds. The summed E-state index contributed by atoms with van der Waals surface area (Å²) >= 11 is 0. The number of benzene rings is 1. The number of nitrogens with two attached hydrogens (primary N) is 1. The number of carbonyl (C=O) groups is 1. The van der Waals surface area contributed by atoms with Crippen LogP contribution in [0.1, 0.15) is 22.8 Å². The molecule has 0 saturated carbocycles. The van der Waals surface area contributed by atoms with Gasteiger partial charge in [-0.05, 0) is 31.2 Å². The van der Waals surface area contributed by atoms with Crippen molar-refractivity contribution in [1.29, 1.82) is 0 Å². The highest BCUT2D eigenvalue weighted by molar-refractivity contribution is 7.89. The lowest BCUT2D eigenvalue weighted by atomic mass is 10.1. The largest absolute Gasteiger partial charge is 0.366 e. The number of sulfonamides is 1. The fraction of sp³-hybridized carbons (Fsp3) is 0.417. The van der Waals surface area contributed by atoms with Gasteiger partial charge in [0.2, 0.25) is 15.9 Å². The van der Waals surface area contributed by atoms with E-state index >= 15 is 0 Å². The molecule has 0 heterocycles. The molecule has 0 fully saturated rings. The van der Waals surface area contributed by atoms with Gasteiger partial charge in [-0.3, -0.25) is 4.79 Å². The Morgan fingerprint density at radius 2 is 2.00 bits per heavy atom. The molecule has 0 saturated heterocycles. The van der Waals surface area contributed by atoms with Crippen molar-refractivity contribution in [1.82, 2.24) is 10.0 Å². The first-order valence-electron chi connectivity index (χ1n) is 5.99. The Balaban J connectivity index is 2.89. The Kier molecular flexibility index (Phi) is 5.46. The predicted octanol–water partition coefficient (Wildman–Crippen LogP) is -0.0183. The summed E-state index contributed by atoms with van der Waals surface area (Å²) in [4.78, 5) is 11.2. The van der Waals surface area contributed by atoms with Crippen LogP contribution in [0.5, 0.6) is 0 Å². The first-order chi connectivity index (χ1) is 8.88. The van der Waals surface area contributed by atoms with Gasteiger partial charge in [-0.2, -0.15) is 0 Å². The van der Waals surface area contributed by atoms with Crippen molar-refractivity contribution in [3.05, 3.63) is 29.3 Å². The van der Waals surface area contributed by atoms with Gasteiger partial charge in [0.15, 0.2) is 0 Å². The number of amides is 1. The standard InChI is InChI=1S/C12H19N3O3S/c1-3-14-6-7-15-19(17,18)10-5-4-9(2)11(8-10)12(13)16/h4-5,8,14-15H,3,6-7H2,1-2H3,(H2,13,16). The number of hydrogen-bond acceptors (Lipinski definition) is 4. The molecule has 0 spiro atoms. The summed E-state index contributed by atoms with van der Waals surface area (Å²) in [6.07, 6.45) is 0. The number of rotatable bonds is 7. The van der Waals surface area contributed by atoms with Gasteiger partial charge in [0, 0.05) is 18.7 Å². The molecule has 1 rings (SSSR count). The van der Waals surface area contributed by atoms with Crippen molar-refractivity contribution in [2.24, 2.45) is 5.73 Å². The maximum absolute atomic E-state index is 12.0. The van der Waals surface area contributed by atoms with Crippen LogP contribution >= 0.6 is 0 Å². The summed E-state index contributed by atoms with van der Waals surface area (Å²) in [7, 11) is -3.61. The van der Waals surface area contributed by atoms with E-state index < -0.39 is 15.9 Å². The van der Waals surface area contributed by atoms with Gasteiger partial charge in [0.25, 0.3) is 0 Å². The first-order valence-corrected chi connectivity index (χ1v) is 7.47. The van der Waals surface area contributed by atoms with Gasteiger partial charge in [0.1, 0.15) is 0 Å². The summed E-state index contributed by atoms with van der Waals surface area (Å²) in [5.74, 6) is -0.637. The van der Waals surface area contributed by atoms with E-state index in [0.29, 0.717) is 12.1 Å². The van der Waals surface area contributed by atoms with Crippen LogP contribution in [0.25, 0.3) is 0 Å². The zero-order valence-corrected chi connectivity index (χ0v) is 11.9. The molecule has 0 bridgehead atoms. The van der Waals surface area contributed by atoms with Crippen molar-refractivity contribution in [3.63, 3.8) is 0 Å². The average molecular weight is 285 g/mol. The predicted molar refractivity (Wildman–Crippen MR) is 73.4 cm³/mol. The highest BCUT2D eigenvalue weighted by Crippen LogP contribution is 2.14. The smallest absolute Gasteiger partial charge is 0.249 e. The van der Waals surface area contributed by atoms with E-state index in [9.17, 15) is 13.2 Å². The number of primary amides is 1. The van der Waals surface area contributed by atoms with Crippen LogP contribution in [-0.4, -0.2) is 34.0 Å². The van der Waals surface area contributed by atoms with Crippen LogP contribution in [0.2, 0.25) is 0 Å². The number of aryl methyl sites for hydroxylation is 1. The molecule has 106 valence electrons. The molecule has 0 atom stereocenters. The van der Waals surface area contributed by atoms with Crippen LogP contribution in [0.4, 0.5) is 0 Å². The molecule has 0 aliphatic heterocycles. The minimum Gasteiger partial charge on any atom is -0.366 e. The van der Waals surface area contributed by atoms with E-state index in [1.165, 1.54) is 12.1 Å². The Bertz CT molecular complexity index is 555. The molecular formula is C12H19N3O3S. The number of hydrogen-bond donors (Lipinski definition) is 3. The quantitative estimate of drug-likeness (QED) is 0.613. The maximum atomic E-state index is 12.0. The van der Waals surface area contributed by atoms with Gasteiger partial charge >= 0.3 is 0 Å². The normalized spacial score (nSPS) is 11.5. The minimum atomic E-state index is -3.61. The second kappa shape index (κ2) is 6.65. The molecule has 0 radical (unpaired) electrons. The van der Waals surface area contributed by atoms with Crippen molar-refractivity contribution in [3.8, 4) is 0 Å². The zero-order valence-electron chi connectivity index (χ0n) is 11.1. The molecule has 0 unspecified atom stereocenters. The lowest BCUT2D eigenvalue weighted by molar-refractivity contribution is 0.0999. The van der Waals surface area contributed by atoms with E-state index in [1.54, 1.807) is 13.0 Å². The molecular weight excluding hydrogens is 266 g/mol. The van der Waals surface area contributed by atoms with Gasteiger partial charge in [0.05, 0.1) is 4.90 Å². The van der Waals surface area contributed by atoms with Crippen molar-refractivity contribution >= 4 is 15.9 Å². The third-order valence-electron chi connectivity index (χ3n) is 2.63. The number of carbonyl (C=O) groups excluding carboxylic acids is 1. The molecule has 6 nitrogen and oxygen atoms in total. The lowest BCUT2D eigenvalue weighted by Crippen LogP contribution is -2.32. The molecule has 0 aromatic heterocycles. The van der Waals surface area contributed by atoms with Crippen LogP contribution < -0.4 is 15.8 Å². The van der Waals surface area contributed by atoms with E-state index in [1.807, 2.05) is 6.92 Å². The topological polar surface area (TPSA) is 101 Å². The van der Waals surface area contributed by atoms with E-state index in [-0.39, 0.29) is 17.0 Å². The monoisotopic (exact) mass is 285 g/mol. The van der Waals surface area contributed by atoms with E-state index in [4.69, 9.17) is 5.73 Å². The van der Waals surface area contributed by atoms with Crippen LogP contribution in [0, 0.1) is 6.92 Å². The molecule has 0 aliphatic carbocycles. The van der Waals surface area contributed by atoms with Gasteiger partial charge in [-0.15, -0.1) is 0 Å². The van der Waals surface area contributed by atoms with Gasteiger partial charge < -0.3 is 11.1 Å². The molecule has 0 aliphatic rings. The highest BCUT2D eigenvalue weighted by atomic mass is 32.2. The fourth-order valence-electron chi connectivity index (χ4n) is 1.57. The second-order valence-electron chi connectivity index (χ2n) is 4.09. The molecule has 1 aromatic rings. The molecule has 4 N–H and O–H groups in total. The third kappa shape index (κ3) is 4.30. The van der Waals surface area contributed by atoms with Crippen LogP contribution in [0.15, 0.2) is 23.1 Å². The highest BCUT2D eigenvalue weighted by Gasteiger charge is 2.16. The van der Waals surface area contributed by atoms with E-state index in [0.717, 1.165) is 6.54 Å². The molecule has 7 heteroatoms. The Morgan fingerprint density at radius 1 is 1.32 bits per heavy atom. The van der Waals surface area contributed by atoms with Crippen molar-refractivity contribution < 1.29 is 13.2 Å². The summed E-state index contributed by atoms with van der Waals surface area (Å²) < 4.78 is 26.4. The van der Waals surface area contributed by atoms with Gasteiger partial charge in [-0.25, -0.2) is 13.1 Å². The fourth-order valence-corrected chi connectivity index (χ4v) is 2.63. The lowest BCUT2D eigenvalue weighted by Gasteiger charge is -2.09. The Hall–Kier alpha value is -1.44. The summed E-state index contributed by atoms with van der Waals surface area (Å²) in [5, 5.41) is 3.01. The minimum absolute atomic E-state index is 0.0448. The number of nitrogens with one attached hydrogen (secondary N) is 2. The molecule has 19 heavy (non-hydrogen) atoms.